The second-order valence-electron chi connectivity index (χ2n) is 6.38. The summed E-state index contributed by atoms with van der Waals surface area (Å²) < 4.78 is 0. The molecule has 20 heavy (non-hydrogen) atoms. The molecule has 1 aliphatic heterocycles. The van der Waals surface area contributed by atoms with Crippen LogP contribution in [0, 0.1) is 11.8 Å². The number of nitrogens with zero attached hydrogens (tertiary/aromatic N) is 1. The van der Waals surface area contributed by atoms with Crippen molar-refractivity contribution in [2.24, 2.45) is 17.6 Å². The summed E-state index contributed by atoms with van der Waals surface area (Å²) in [6.07, 6.45) is 1.32. The molecule has 2 N–H and O–H groups in total. The van der Waals surface area contributed by atoms with E-state index in [1.54, 1.807) is 0 Å². The van der Waals surface area contributed by atoms with Gasteiger partial charge in [0.1, 0.15) is 0 Å². The Morgan fingerprint density at radius 1 is 1.30 bits per heavy atom. The Balaban J connectivity index is 2.14. The average molecular weight is 290 g/mol. The van der Waals surface area contributed by atoms with Crippen molar-refractivity contribution in [3.8, 4) is 0 Å². The molecule has 1 aromatic carbocycles. The van der Waals surface area contributed by atoms with E-state index in [1.165, 1.54) is 12.0 Å². The summed E-state index contributed by atoms with van der Waals surface area (Å²) in [6, 6.07) is 11.0. The van der Waals surface area contributed by atoms with E-state index in [2.05, 4.69) is 49.9 Å². The number of rotatable bonds is 4. The number of nitrogens with two attached hydrogens (primary N) is 1. The van der Waals surface area contributed by atoms with E-state index in [0.29, 0.717) is 11.0 Å². The molecule has 1 aromatic rings. The van der Waals surface area contributed by atoms with Gasteiger partial charge >= 0.3 is 0 Å². The lowest BCUT2D eigenvalue weighted by molar-refractivity contribution is 0.0788. The summed E-state index contributed by atoms with van der Waals surface area (Å²) in [5.41, 5.74) is 7.24. The summed E-state index contributed by atoms with van der Waals surface area (Å²) in [7, 11) is 0. The smallest absolute Gasteiger partial charge is 0.0816 e. The fraction of sp³-hybridized carbons (Fsp3) is 0.588. The van der Waals surface area contributed by atoms with E-state index >= 15 is 0 Å². The fourth-order valence-electron chi connectivity index (χ4n) is 3.35. The molecule has 0 amide bonds. The monoisotopic (exact) mass is 290 g/mol. The zero-order chi connectivity index (χ0) is 14.7. The largest absolute Gasteiger partial charge is 0.393 e. The van der Waals surface area contributed by atoms with Gasteiger partial charge in [0.25, 0.3) is 0 Å². The van der Waals surface area contributed by atoms with Gasteiger partial charge in [-0.3, -0.25) is 4.90 Å². The number of piperidine rings is 1. The highest BCUT2D eigenvalue weighted by molar-refractivity contribution is 7.80. The van der Waals surface area contributed by atoms with Crippen molar-refractivity contribution in [1.82, 2.24) is 4.90 Å². The standard InChI is InChI=1S/C17H26N2S/c1-12-9-13(2)14(3)19(10-12)11-16(17(18)20)15-7-5-4-6-8-15/h4-8,12-14,16H,9-11H2,1-3H3,(H2,18,20). The molecule has 2 nitrogen and oxygen atoms in total. The Morgan fingerprint density at radius 3 is 2.55 bits per heavy atom. The van der Waals surface area contributed by atoms with Gasteiger partial charge in [-0.05, 0) is 30.7 Å². The summed E-state index contributed by atoms with van der Waals surface area (Å²) in [5, 5.41) is 0. The molecule has 0 radical (unpaired) electrons. The molecule has 0 bridgehead atoms. The van der Waals surface area contributed by atoms with Gasteiger partial charge in [-0.1, -0.05) is 56.4 Å². The van der Waals surface area contributed by atoms with E-state index in [9.17, 15) is 0 Å². The molecule has 4 unspecified atom stereocenters. The maximum atomic E-state index is 6.01. The first-order chi connectivity index (χ1) is 9.49. The quantitative estimate of drug-likeness (QED) is 0.862. The molecule has 3 heteroatoms. The van der Waals surface area contributed by atoms with Crippen LogP contribution in [-0.2, 0) is 0 Å². The minimum Gasteiger partial charge on any atom is -0.393 e. The lowest BCUT2D eigenvalue weighted by Crippen LogP contribution is -2.48. The van der Waals surface area contributed by atoms with Gasteiger partial charge in [-0.25, -0.2) is 0 Å². The third kappa shape index (κ3) is 3.58. The third-order valence-corrected chi connectivity index (χ3v) is 4.97. The van der Waals surface area contributed by atoms with Crippen LogP contribution in [0.1, 0.15) is 38.7 Å². The van der Waals surface area contributed by atoms with Crippen LogP contribution < -0.4 is 5.73 Å². The van der Waals surface area contributed by atoms with E-state index in [1.807, 2.05) is 6.07 Å². The molecule has 1 aliphatic rings. The van der Waals surface area contributed by atoms with E-state index < -0.39 is 0 Å². The van der Waals surface area contributed by atoms with Crippen molar-refractivity contribution in [1.29, 1.82) is 0 Å². The van der Waals surface area contributed by atoms with Crippen molar-refractivity contribution < 1.29 is 0 Å². The molecule has 4 atom stereocenters. The first kappa shape index (κ1) is 15.5. The van der Waals surface area contributed by atoms with Crippen LogP contribution in [0.3, 0.4) is 0 Å². The molecular weight excluding hydrogens is 264 g/mol. The van der Waals surface area contributed by atoms with Gasteiger partial charge in [0, 0.05) is 25.0 Å². The van der Waals surface area contributed by atoms with Gasteiger partial charge in [0.2, 0.25) is 0 Å². The van der Waals surface area contributed by atoms with Gasteiger partial charge in [0.05, 0.1) is 4.99 Å². The van der Waals surface area contributed by atoms with Gasteiger partial charge in [-0.2, -0.15) is 0 Å². The Bertz CT molecular complexity index is 446. The van der Waals surface area contributed by atoms with Crippen LogP contribution in [0.4, 0.5) is 0 Å². The highest BCUT2D eigenvalue weighted by atomic mass is 32.1. The Hall–Kier alpha value is -0.930. The summed E-state index contributed by atoms with van der Waals surface area (Å²) in [5.74, 6) is 1.65. The predicted octanol–water partition coefficient (Wildman–Crippen LogP) is 3.42. The van der Waals surface area contributed by atoms with Crippen molar-refractivity contribution in [3.05, 3.63) is 35.9 Å². The number of hydrogen-bond acceptors (Lipinski definition) is 2. The van der Waals surface area contributed by atoms with Crippen LogP contribution in [0.25, 0.3) is 0 Å². The number of benzene rings is 1. The normalized spacial score (nSPS) is 29.1. The number of hydrogen-bond donors (Lipinski definition) is 1. The minimum atomic E-state index is 0.158. The lowest BCUT2D eigenvalue weighted by atomic mass is 9.85. The highest BCUT2D eigenvalue weighted by Gasteiger charge is 2.31. The highest BCUT2D eigenvalue weighted by Crippen LogP contribution is 2.29. The van der Waals surface area contributed by atoms with E-state index in [4.69, 9.17) is 18.0 Å². The third-order valence-electron chi connectivity index (χ3n) is 4.68. The Morgan fingerprint density at radius 2 is 1.95 bits per heavy atom. The zero-order valence-electron chi connectivity index (χ0n) is 12.8. The first-order valence-corrected chi connectivity index (χ1v) is 7.98. The topological polar surface area (TPSA) is 29.3 Å². The summed E-state index contributed by atoms with van der Waals surface area (Å²) >= 11 is 5.32. The fourth-order valence-corrected chi connectivity index (χ4v) is 3.56. The van der Waals surface area contributed by atoms with Crippen molar-refractivity contribution in [2.75, 3.05) is 13.1 Å². The molecule has 1 heterocycles. The summed E-state index contributed by atoms with van der Waals surface area (Å²) in [6.45, 7) is 9.12. The first-order valence-electron chi connectivity index (χ1n) is 7.57. The molecule has 1 fully saturated rings. The maximum Gasteiger partial charge on any atom is 0.0816 e. The SMILES string of the molecule is CC1CC(C)C(C)N(CC(C(N)=S)c2ccccc2)C1. The van der Waals surface area contributed by atoms with Gasteiger partial charge in [-0.15, -0.1) is 0 Å². The number of likely N-dealkylation sites (tertiary alicyclic amines) is 1. The second kappa shape index (κ2) is 6.68. The second-order valence-corrected chi connectivity index (χ2v) is 6.85. The molecule has 0 spiro atoms. The molecule has 110 valence electrons. The lowest BCUT2D eigenvalue weighted by Gasteiger charge is -2.42. The molecule has 0 aliphatic carbocycles. The molecule has 1 saturated heterocycles. The van der Waals surface area contributed by atoms with Crippen LogP contribution in [0.5, 0.6) is 0 Å². The zero-order valence-corrected chi connectivity index (χ0v) is 13.6. The van der Waals surface area contributed by atoms with Crippen LogP contribution in [0.2, 0.25) is 0 Å². The minimum absolute atomic E-state index is 0.158. The summed E-state index contributed by atoms with van der Waals surface area (Å²) in [4.78, 5) is 3.17. The van der Waals surface area contributed by atoms with E-state index in [-0.39, 0.29) is 5.92 Å². The van der Waals surface area contributed by atoms with Gasteiger partial charge < -0.3 is 5.73 Å². The molecule has 0 saturated carbocycles. The van der Waals surface area contributed by atoms with Gasteiger partial charge in [0.15, 0.2) is 0 Å². The predicted molar refractivity (Wildman–Crippen MR) is 89.9 cm³/mol. The molecule has 0 aromatic heterocycles. The van der Waals surface area contributed by atoms with Crippen molar-refractivity contribution in [3.63, 3.8) is 0 Å². The van der Waals surface area contributed by atoms with Crippen LogP contribution in [-0.4, -0.2) is 29.0 Å². The maximum absolute atomic E-state index is 6.01. The number of thiocarbonyl (C=S) groups is 1. The van der Waals surface area contributed by atoms with Crippen molar-refractivity contribution >= 4 is 17.2 Å². The molecule has 2 rings (SSSR count). The van der Waals surface area contributed by atoms with E-state index in [0.717, 1.165) is 24.9 Å². The van der Waals surface area contributed by atoms with Crippen LogP contribution >= 0.6 is 12.2 Å². The van der Waals surface area contributed by atoms with Crippen LogP contribution in [0.15, 0.2) is 30.3 Å². The van der Waals surface area contributed by atoms with Crippen molar-refractivity contribution in [2.45, 2.75) is 39.2 Å². The molecular formula is C17H26N2S. The average Bonchev–Trinajstić information content (AvgIpc) is 2.41. The Kier molecular flexibility index (Phi) is 5.17. The Labute approximate surface area is 128 Å².